The van der Waals surface area contributed by atoms with E-state index in [9.17, 15) is 8.42 Å². The van der Waals surface area contributed by atoms with Crippen LogP contribution in [-0.2, 0) is 10.0 Å². The molecule has 0 spiro atoms. The molecule has 2 bridgehead atoms. The van der Waals surface area contributed by atoms with Crippen LogP contribution in [0.2, 0.25) is 0 Å². The van der Waals surface area contributed by atoms with Crippen LogP contribution < -0.4 is 10.0 Å². The van der Waals surface area contributed by atoms with E-state index < -0.39 is 10.0 Å². The molecule has 5 nitrogen and oxygen atoms in total. The van der Waals surface area contributed by atoms with Crippen molar-refractivity contribution < 1.29 is 8.42 Å². The van der Waals surface area contributed by atoms with E-state index in [2.05, 4.69) is 31.0 Å². The zero-order chi connectivity index (χ0) is 15.0. The van der Waals surface area contributed by atoms with Gasteiger partial charge in [-0.3, -0.25) is 0 Å². The number of rotatable bonds is 5. The van der Waals surface area contributed by atoms with E-state index in [1.165, 1.54) is 25.7 Å². The Morgan fingerprint density at radius 1 is 1.38 bits per heavy atom. The summed E-state index contributed by atoms with van der Waals surface area (Å²) < 4.78 is 28.5. The molecule has 1 aromatic rings. The van der Waals surface area contributed by atoms with Crippen molar-refractivity contribution in [2.45, 2.75) is 30.6 Å². The number of hydrogen-bond acceptors (Lipinski definition) is 4. The van der Waals surface area contributed by atoms with Crippen molar-refractivity contribution in [3.8, 4) is 0 Å². The Morgan fingerprint density at radius 3 is 2.81 bits per heavy atom. The lowest BCUT2D eigenvalue weighted by atomic mass is 9.89. The number of hydrogen-bond donors (Lipinski definition) is 2. The van der Waals surface area contributed by atoms with E-state index in [0.29, 0.717) is 28.7 Å². The van der Waals surface area contributed by atoms with Crippen LogP contribution in [0.1, 0.15) is 25.7 Å². The Balaban J connectivity index is 1.73. The van der Waals surface area contributed by atoms with Gasteiger partial charge in [0.15, 0.2) is 0 Å². The molecule has 3 rings (SSSR count). The van der Waals surface area contributed by atoms with E-state index in [4.69, 9.17) is 0 Å². The SMILES string of the molecule is CNc1ncc(Br)cc1S(=O)(=O)NCC1CC2CCC1C2. The normalized spacial score (nSPS) is 28.0. The van der Waals surface area contributed by atoms with Crippen molar-refractivity contribution in [3.63, 3.8) is 0 Å². The fraction of sp³-hybridized carbons (Fsp3) is 0.643. The average Bonchev–Trinajstić information content (AvgIpc) is 3.08. The lowest BCUT2D eigenvalue weighted by Crippen LogP contribution is -2.32. The third-order valence-electron chi connectivity index (χ3n) is 4.77. The second-order valence-corrected chi connectivity index (χ2v) is 8.69. The number of aromatic nitrogens is 1. The number of nitrogens with one attached hydrogen (secondary N) is 2. The summed E-state index contributed by atoms with van der Waals surface area (Å²) in [4.78, 5) is 4.30. The molecule has 116 valence electrons. The van der Waals surface area contributed by atoms with Crippen molar-refractivity contribution in [1.29, 1.82) is 0 Å². The number of halogens is 1. The van der Waals surface area contributed by atoms with Gasteiger partial charge in [0.1, 0.15) is 10.7 Å². The van der Waals surface area contributed by atoms with E-state index in [-0.39, 0.29) is 4.90 Å². The topological polar surface area (TPSA) is 71.1 Å². The Bertz CT molecular complexity index is 635. The fourth-order valence-electron chi connectivity index (χ4n) is 3.73. The minimum absolute atomic E-state index is 0.197. The summed E-state index contributed by atoms with van der Waals surface area (Å²) in [7, 11) is -1.86. The van der Waals surface area contributed by atoms with E-state index in [0.717, 1.165) is 5.92 Å². The molecule has 2 aliphatic carbocycles. The highest BCUT2D eigenvalue weighted by atomic mass is 79.9. The van der Waals surface area contributed by atoms with Crippen molar-refractivity contribution in [1.82, 2.24) is 9.71 Å². The molecule has 3 unspecified atom stereocenters. The Kier molecular flexibility index (Phi) is 4.25. The lowest BCUT2D eigenvalue weighted by Gasteiger charge is -2.22. The standard InChI is InChI=1S/C14H20BrN3O2S/c1-16-14-13(6-12(15)8-17-14)21(19,20)18-7-11-5-9-2-3-10(11)4-9/h6,8-11,18H,2-5,7H2,1H3,(H,16,17). The predicted molar refractivity (Wildman–Crippen MR) is 85.6 cm³/mol. The summed E-state index contributed by atoms with van der Waals surface area (Å²) in [5.74, 6) is 2.40. The highest BCUT2D eigenvalue weighted by Gasteiger charge is 2.39. The van der Waals surface area contributed by atoms with E-state index >= 15 is 0 Å². The van der Waals surface area contributed by atoms with Gasteiger partial charge in [0, 0.05) is 24.3 Å². The Labute approximate surface area is 134 Å². The van der Waals surface area contributed by atoms with Crippen LogP contribution in [0.25, 0.3) is 0 Å². The highest BCUT2D eigenvalue weighted by molar-refractivity contribution is 9.10. The van der Waals surface area contributed by atoms with Gasteiger partial charge in [-0.2, -0.15) is 0 Å². The summed E-state index contributed by atoms with van der Waals surface area (Å²) in [6, 6.07) is 1.59. The van der Waals surface area contributed by atoms with Gasteiger partial charge in [-0.15, -0.1) is 0 Å². The molecule has 1 heterocycles. The summed E-state index contributed by atoms with van der Waals surface area (Å²) in [5.41, 5.74) is 0. The predicted octanol–water partition coefficient (Wildman–Crippen LogP) is 2.60. The van der Waals surface area contributed by atoms with Crippen LogP contribution in [0.3, 0.4) is 0 Å². The molecule has 0 aromatic carbocycles. The first-order valence-corrected chi connectivity index (χ1v) is 9.60. The Morgan fingerprint density at radius 2 is 2.19 bits per heavy atom. The molecule has 7 heteroatoms. The largest absolute Gasteiger partial charge is 0.372 e. The first-order valence-electron chi connectivity index (χ1n) is 7.32. The first-order chi connectivity index (χ1) is 9.99. The van der Waals surface area contributed by atoms with Crippen molar-refractivity contribution >= 4 is 31.8 Å². The first kappa shape index (κ1) is 15.2. The minimum atomic E-state index is -3.53. The number of fused-ring (bicyclic) bond motifs is 2. The quantitative estimate of drug-likeness (QED) is 0.831. The van der Waals surface area contributed by atoms with Crippen molar-refractivity contribution in [3.05, 3.63) is 16.7 Å². The average molecular weight is 374 g/mol. The second kappa shape index (κ2) is 5.85. The molecule has 2 fully saturated rings. The number of pyridine rings is 1. The number of anilines is 1. The van der Waals surface area contributed by atoms with Gasteiger partial charge < -0.3 is 5.32 Å². The van der Waals surface area contributed by atoms with Gasteiger partial charge in [0.05, 0.1) is 0 Å². The number of nitrogens with zero attached hydrogens (tertiary/aromatic N) is 1. The third-order valence-corrected chi connectivity index (χ3v) is 6.64. The molecule has 3 atom stereocenters. The maximum Gasteiger partial charge on any atom is 0.244 e. The summed E-state index contributed by atoms with van der Waals surface area (Å²) in [5, 5.41) is 2.83. The van der Waals surface area contributed by atoms with Crippen molar-refractivity contribution in [2.24, 2.45) is 17.8 Å². The minimum Gasteiger partial charge on any atom is -0.372 e. The van der Waals surface area contributed by atoms with Crippen LogP contribution in [0.15, 0.2) is 21.6 Å². The van der Waals surface area contributed by atoms with Gasteiger partial charge in [-0.05, 0) is 59.0 Å². The molecule has 0 radical (unpaired) electrons. The van der Waals surface area contributed by atoms with E-state index in [1.54, 1.807) is 19.3 Å². The summed E-state index contributed by atoms with van der Waals surface area (Å²) >= 11 is 3.28. The molecule has 21 heavy (non-hydrogen) atoms. The van der Waals surface area contributed by atoms with Crippen LogP contribution in [0, 0.1) is 17.8 Å². The maximum atomic E-state index is 12.5. The van der Waals surface area contributed by atoms with Gasteiger partial charge in [0.25, 0.3) is 0 Å². The molecule has 1 aromatic heterocycles. The van der Waals surface area contributed by atoms with Crippen LogP contribution in [0.4, 0.5) is 5.82 Å². The zero-order valence-electron chi connectivity index (χ0n) is 12.0. The summed E-state index contributed by atoms with van der Waals surface area (Å²) in [6.07, 6.45) is 6.63. The van der Waals surface area contributed by atoms with Gasteiger partial charge in [0.2, 0.25) is 10.0 Å². The monoisotopic (exact) mass is 373 g/mol. The van der Waals surface area contributed by atoms with Crippen LogP contribution >= 0.6 is 15.9 Å². The third kappa shape index (κ3) is 3.10. The van der Waals surface area contributed by atoms with Gasteiger partial charge in [-0.1, -0.05) is 6.42 Å². The summed E-state index contributed by atoms with van der Waals surface area (Å²) in [6.45, 7) is 0.541. The van der Waals surface area contributed by atoms with Gasteiger partial charge in [-0.25, -0.2) is 18.1 Å². The molecule has 0 aliphatic heterocycles. The van der Waals surface area contributed by atoms with E-state index in [1.807, 2.05) is 0 Å². The smallest absolute Gasteiger partial charge is 0.244 e. The number of sulfonamides is 1. The molecule has 2 saturated carbocycles. The van der Waals surface area contributed by atoms with Crippen LogP contribution in [0.5, 0.6) is 0 Å². The Hall–Kier alpha value is -0.660. The molecule has 0 saturated heterocycles. The fourth-order valence-corrected chi connectivity index (χ4v) is 5.50. The lowest BCUT2D eigenvalue weighted by molar-refractivity contribution is 0.333. The second-order valence-electron chi connectivity index (χ2n) is 6.04. The van der Waals surface area contributed by atoms with Crippen molar-refractivity contribution in [2.75, 3.05) is 18.9 Å². The molecule has 2 aliphatic rings. The highest BCUT2D eigenvalue weighted by Crippen LogP contribution is 2.48. The van der Waals surface area contributed by atoms with Crippen LogP contribution in [-0.4, -0.2) is 27.0 Å². The zero-order valence-corrected chi connectivity index (χ0v) is 14.4. The molecular weight excluding hydrogens is 354 g/mol. The van der Waals surface area contributed by atoms with Gasteiger partial charge >= 0.3 is 0 Å². The molecular formula is C14H20BrN3O2S. The molecule has 0 amide bonds. The molecule has 2 N–H and O–H groups in total. The maximum absolute atomic E-state index is 12.5.